The summed E-state index contributed by atoms with van der Waals surface area (Å²) >= 11 is 0. The topological polar surface area (TPSA) is 94.0 Å². The van der Waals surface area contributed by atoms with Crippen molar-refractivity contribution in [1.82, 2.24) is 14.8 Å². The fraction of sp³-hybridized carbons (Fsp3) is 0.435. The summed E-state index contributed by atoms with van der Waals surface area (Å²) in [6.45, 7) is 2.19. The summed E-state index contributed by atoms with van der Waals surface area (Å²) in [4.78, 5) is 15.9. The van der Waals surface area contributed by atoms with E-state index in [1.165, 1.54) is 12.1 Å². The average molecular weight is 495 g/mol. The Morgan fingerprint density at radius 1 is 1.18 bits per heavy atom. The first-order chi connectivity index (χ1) is 16.0. The van der Waals surface area contributed by atoms with Crippen LogP contribution in [-0.4, -0.2) is 35.3 Å². The van der Waals surface area contributed by atoms with Crippen molar-refractivity contribution in [3.8, 4) is 0 Å². The number of nitrogens with one attached hydrogen (secondary N) is 1. The molecule has 1 saturated carbocycles. The van der Waals surface area contributed by atoms with E-state index in [0.29, 0.717) is 16.8 Å². The number of carbonyl (C=O) groups excluding carboxylic acids is 1. The number of fused-ring (bicyclic) bond motifs is 1. The summed E-state index contributed by atoms with van der Waals surface area (Å²) in [7, 11) is -3.77. The minimum absolute atomic E-state index is 0.0338. The highest BCUT2D eigenvalue weighted by atomic mass is 32.2. The van der Waals surface area contributed by atoms with Crippen LogP contribution in [-0.2, 0) is 16.0 Å². The molecule has 7 nitrogen and oxygen atoms in total. The maximum absolute atomic E-state index is 13.0. The molecule has 34 heavy (non-hydrogen) atoms. The van der Waals surface area contributed by atoms with Crippen molar-refractivity contribution in [2.45, 2.75) is 56.1 Å². The quantitative estimate of drug-likeness (QED) is 0.523. The number of hydrogen-bond acceptors (Lipinski definition) is 5. The molecule has 1 amide bonds. The van der Waals surface area contributed by atoms with E-state index in [1.54, 1.807) is 0 Å². The Balaban J connectivity index is 1.67. The molecular formula is C23H25F3N4O3S. The summed E-state index contributed by atoms with van der Waals surface area (Å²) in [6, 6.07) is 6.04. The third kappa shape index (κ3) is 5.08. The lowest BCUT2D eigenvalue weighted by Crippen LogP contribution is -2.18. The molecule has 0 aliphatic heterocycles. The standard InChI is InChI=1S/C23H25F3N4O3S/c1-3-14-7-9-16(10-8-14)30-13-15-11-19(20(34(2,32)33)12-18(15)29-30)28-22(31)17-5-4-6-21(27-17)23(24,25)26/h4-6,11-14,16H,3,7-10H2,1-2H3,(H,28,31)/t14-,16-. The Hall–Kier alpha value is -2.95. The highest BCUT2D eigenvalue weighted by Gasteiger charge is 2.33. The molecule has 0 bridgehead atoms. The molecule has 11 heteroatoms. The Morgan fingerprint density at radius 2 is 1.88 bits per heavy atom. The summed E-state index contributed by atoms with van der Waals surface area (Å²) in [5.41, 5.74) is -1.25. The van der Waals surface area contributed by atoms with Crippen molar-refractivity contribution < 1.29 is 26.4 Å². The lowest BCUT2D eigenvalue weighted by molar-refractivity contribution is -0.141. The first kappa shape index (κ1) is 24.2. The molecule has 0 unspecified atom stereocenters. The fourth-order valence-electron chi connectivity index (χ4n) is 4.39. The molecule has 0 spiro atoms. The van der Waals surface area contributed by atoms with Crippen LogP contribution in [0.4, 0.5) is 18.9 Å². The molecule has 1 fully saturated rings. The molecule has 2 aromatic heterocycles. The molecular weight excluding hydrogens is 469 g/mol. The van der Waals surface area contributed by atoms with Gasteiger partial charge in [-0.3, -0.25) is 9.48 Å². The smallest absolute Gasteiger partial charge is 0.319 e. The van der Waals surface area contributed by atoms with Crippen LogP contribution in [0.2, 0.25) is 0 Å². The SMILES string of the molecule is CC[C@H]1CC[C@H](n2cc3cc(NC(=O)c4cccc(C(F)(F)F)n4)c(S(C)(=O)=O)cc3n2)CC1. The largest absolute Gasteiger partial charge is 0.433 e. The minimum atomic E-state index is -4.71. The zero-order valence-corrected chi connectivity index (χ0v) is 19.6. The summed E-state index contributed by atoms with van der Waals surface area (Å²) in [5.74, 6) is -0.232. The van der Waals surface area contributed by atoms with Gasteiger partial charge in [0.15, 0.2) is 9.84 Å². The van der Waals surface area contributed by atoms with E-state index in [-0.39, 0.29) is 16.6 Å². The van der Waals surface area contributed by atoms with Crippen LogP contribution in [0.3, 0.4) is 0 Å². The monoisotopic (exact) mass is 494 g/mol. The van der Waals surface area contributed by atoms with Gasteiger partial charge in [-0.2, -0.15) is 18.3 Å². The van der Waals surface area contributed by atoms with Crippen molar-refractivity contribution >= 4 is 32.3 Å². The van der Waals surface area contributed by atoms with Gasteiger partial charge in [-0.15, -0.1) is 0 Å². The molecule has 1 aliphatic rings. The number of pyridine rings is 1. The molecule has 2 heterocycles. The maximum Gasteiger partial charge on any atom is 0.433 e. The number of nitrogens with zero attached hydrogens (tertiary/aromatic N) is 3. The van der Waals surface area contributed by atoms with Gasteiger partial charge in [-0.05, 0) is 55.9 Å². The second-order valence-corrected chi connectivity index (χ2v) is 10.7. The minimum Gasteiger partial charge on any atom is -0.319 e. The van der Waals surface area contributed by atoms with E-state index >= 15 is 0 Å². The van der Waals surface area contributed by atoms with Crippen LogP contribution in [0.15, 0.2) is 41.4 Å². The zero-order valence-electron chi connectivity index (χ0n) is 18.8. The maximum atomic E-state index is 13.0. The van der Waals surface area contributed by atoms with Crippen molar-refractivity contribution in [3.63, 3.8) is 0 Å². The predicted octanol–water partition coefficient (Wildman–Crippen LogP) is 5.25. The number of rotatable bonds is 5. The van der Waals surface area contributed by atoms with Gasteiger partial charge in [0.25, 0.3) is 5.91 Å². The van der Waals surface area contributed by atoms with Crippen molar-refractivity contribution in [3.05, 3.63) is 47.9 Å². The van der Waals surface area contributed by atoms with Crippen LogP contribution in [0.5, 0.6) is 0 Å². The number of hydrogen-bond donors (Lipinski definition) is 1. The molecule has 1 N–H and O–H groups in total. The van der Waals surface area contributed by atoms with E-state index in [0.717, 1.165) is 56.6 Å². The van der Waals surface area contributed by atoms with Gasteiger partial charge in [-0.25, -0.2) is 13.4 Å². The van der Waals surface area contributed by atoms with Gasteiger partial charge in [0, 0.05) is 17.8 Å². The van der Waals surface area contributed by atoms with Crippen molar-refractivity contribution in [2.75, 3.05) is 11.6 Å². The van der Waals surface area contributed by atoms with Gasteiger partial charge in [0.05, 0.1) is 22.1 Å². The lowest BCUT2D eigenvalue weighted by Gasteiger charge is -2.27. The van der Waals surface area contributed by atoms with Gasteiger partial charge < -0.3 is 5.32 Å². The Labute approximate surface area is 195 Å². The normalized spacial score (nSPS) is 19.3. The first-order valence-corrected chi connectivity index (χ1v) is 12.9. The summed E-state index contributed by atoms with van der Waals surface area (Å²) in [6.07, 6.45) is 3.43. The number of carbonyl (C=O) groups is 1. The van der Waals surface area contributed by atoms with Crippen LogP contribution in [0.1, 0.15) is 61.3 Å². The van der Waals surface area contributed by atoms with Crippen LogP contribution in [0, 0.1) is 5.92 Å². The van der Waals surface area contributed by atoms with Crippen molar-refractivity contribution in [2.24, 2.45) is 5.92 Å². The fourth-order valence-corrected chi connectivity index (χ4v) is 5.22. The van der Waals surface area contributed by atoms with Crippen LogP contribution in [0.25, 0.3) is 10.9 Å². The third-order valence-electron chi connectivity index (χ3n) is 6.31. The second-order valence-electron chi connectivity index (χ2n) is 8.73. The van der Waals surface area contributed by atoms with E-state index < -0.39 is 33.3 Å². The average Bonchev–Trinajstić information content (AvgIpc) is 3.20. The number of anilines is 1. The molecule has 0 radical (unpaired) electrons. The van der Waals surface area contributed by atoms with Gasteiger partial charge >= 0.3 is 6.18 Å². The van der Waals surface area contributed by atoms with E-state index in [2.05, 4.69) is 22.3 Å². The second kappa shape index (κ2) is 9.01. The molecule has 4 rings (SSSR count). The zero-order chi connectivity index (χ0) is 24.7. The lowest BCUT2D eigenvalue weighted by atomic mass is 9.85. The van der Waals surface area contributed by atoms with Crippen LogP contribution < -0.4 is 5.32 Å². The Kier molecular flexibility index (Phi) is 6.41. The molecule has 0 atom stereocenters. The van der Waals surface area contributed by atoms with Gasteiger partial charge in [0.2, 0.25) is 0 Å². The molecule has 3 aromatic rings. The Morgan fingerprint density at radius 3 is 2.50 bits per heavy atom. The van der Waals surface area contributed by atoms with Crippen LogP contribution >= 0.6 is 0 Å². The summed E-state index contributed by atoms with van der Waals surface area (Å²) in [5, 5.41) is 7.62. The van der Waals surface area contributed by atoms with Gasteiger partial charge in [0.1, 0.15) is 11.4 Å². The number of benzene rings is 1. The highest BCUT2D eigenvalue weighted by Crippen LogP contribution is 2.35. The van der Waals surface area contributed by atoms with Gasteiger partial charge in [-0.1, -0.05) is 19.4 Å². The molecule has 0 saturated heterocycles. The van der Waals surface area contributed by atoms with E-state index in [1.807, 2.05) is 10.9 Å². The number of amides is 1. The number of alkyl halides is 3. The predicted molar refractivity (Wildman–Crippen MR) is 121 cm³/mol. The number of sulfone groups is 1. The number of aromatic nitrogens is 3. The highest BCUT2D eigenvalue weighted by molar-refractivity contribution is 7.90. The molecule has 1 aromatic carbocycles. The summed E-state index contributed by atoms with van der Waals surface area (Å²) < 4.78 is 65.6. The van der Waals surface area contributed by atoms with E-state index in [9.17, 15) is 26.4 Å². The van der Waals surface area contributed by atoms with Crippen molar-refractivity contribution in [1.29, 1.82) is 0 Å². The van der Waals surface area contributed by atoms with E-state index in [4.69, 9.17) is 0 Å². The molecule has 1 aliphatic carbocycles. The first-order valence-electron chi connectivity index (χ1n) is 11.0. The number of halogens is 3. The molecule has 182 valence electrons. The Bertz CT molecular complexity index is 1330. The third-order valence-corrected chi connectivity index (χ3v) is 7.45.